The molecule has 2 aliphatic rings. The monoisotopic (exact) mass is 574 g/mol. The Kier molecular flexibility index (Phi) is 6.73. The van der Waals surface area contributed by atoms with Gasteiger partial charge in [0.15, 0.2) is 17.2 Å². The third-order valence-corrected chi connectivity index (χ3v) is 7.95. The number of ether oxygens (including phenoxy) is 1. The van der Waals surface area contributed by atoms with E-state index in [4.69, 9.17) is 21.3 Å². The van der Waals surface area contributed by atoms with Crippen molar-refractivity contribution < 1.29 is 13.9 Å². The lowest BCUT2D eigenvalue weighted by atomic mass is 10.0. The van der Waals surface area contributed by atoms with Gasteiger partial charge in [-0.2, -0.15) is 4.98 Å². The maximum absolute atomic E-state index is 16.5. The molecule has 41 heavy (non-hydrogen) atoms. The molecule has 0 aliphatic carbocycles. The molecular weight excluding hydrogens is 547 g/mol. The zero-order valence-electron chi connectivity index (χ0n) is 22.9. The second kappa shape index (κ2) is 10.3. The summed E-state index contributed by atoms with van der Waals surface area (Å²) in [6, 6.07) is 8.25. The predicted octanol–water partition coefficient (Wildman–Crippen LogP) is 4.66. The number of benzene rings is 1. The predicted molar refractivity (Wildman–Crippen MR) is 156 cm³/mol. The molecule has 0 unspecified atom stereocenters. The molecular formula is C30H28ClFN6O3. The van der Waals surface area contributed by atoms with Gasteiger partial charge >= 0.3 is 5.69 Å². The van der Waals surface area contributed by atoms with Crippen LogP contribution in [0.4, 0.5) is 10.2 Å². The summed E-state index contributed by atoms with van der Waals surface area (Å²) in [7, 11) is 0. The second-order valence-corrected chi connectivity index (χ2v) is 10.9. The van der Waals surface area contributed by atoms with Gasteiger partial charge in [-0.3, -0.25) is 9.78 Å². The van der Waals surface area contributed by atoms with Gasteiger partial charge in [0.25, 0.3) is 0 Å². The molecule has 1 amide bonds. The number of piperazine rings is 1. The molecule has 1 fully saturated rings. The number of halogens is 2. The van der Waals surface area contributed by atoms with E-state index < -0.39 is 11.5 Å². The first-order chi connectivity index (χ1) is 19.7. The molecule has 0 radical (unpaired) electrons. The number of amides is 1. The highest BCUT2D eigenvalue weighted by atomic mass is 35.5. The van der Waals surface area contributed by atoms with Crippen molar-refractivity contribution in [3.8, 4) is 22.7 Å². The maximum Gasteiger partial charge on any atom is 0.355 e. The van der Waals surface area contributed by atoms with Crippen LogP contribution in [-0.4, -0.2) is 62.6 Å². The lowest BCUT2D eigenvalue weighted by molar-refractivity contribution is -0.126. The number of carbonyl (C=O) groups excluding carboxylic acids is 1. The van der Waals surface area contributed by atoms with E-state index in [0.717, 1.165) is 5.56 Å². The fraction of sp³-hybridized carbons (Fsp3) is 0.300. The molecule has 2 aliphatic heterocycles. The smallest absolute Gasteiger partial charge is 0.355 e. The van der Waals surface area contributed by atoms with Crippen LogP contribution in [0.3, 0.4) is 0 Å². The molecule has 1 saturated heterocycles. The van der Waals surface area contributed by atoms with Crippen molar-refractivity contribution >= 4 is 34.4 Å². The number of rotatable bonds is 4. The van der Waals surface area contributed by atoms with Crippen molar-refractivity contribution in [2.75, 3.05) is 31.1 Å². The highest BCUT2D eigenvalue weighted by molar-refractivity contribution is 6.33. The molecule has 0 N–H and O–H groups in total. The van der Waals surface area contributed by atoms with Crippen molar-refractivity contribution in [3.63, 3.8) is 0 Å². The average Bonchev–Trinajstić information content (AvgIpc) is 3.12. The zero-order chi connectivity index (χ0) is 29.0. The molecule has 4 aromatic rings. The number of fused-ring (bicyclic) bond motifs is 2. The van der Waals surface area contributed by atoms with Gasteiger partial charge in [0.05, 0.1) is 22.4 Å². The van der Waals surface area contributed by atoms with Crippen molar-refractivity contribution in [2.45, 2.75) is 32.7 Å². The quantitative estimate of drug-likeness (QED) is 0.327. The van der Waals surface area contributed by atoms with E-state index in [9.17, 15) is 9.59 Å². The second-order valence-electron chi connectivity index (χ2n) is 10.5. The minimum atomic E-state index is -0.704. The summed E-state index contributed by atoms with van der Waals surface area (Å²) in [5.74, 6) is -0.730. The number of hydrogen-bond donors (Lipinski definition) is 0. The SMILES string of the molecule is C=CC(=O)N1CCN2c3nc(=O)n(-c4c(C)ccnc4C(C)C)c4nc(-c5ccccc5Cl)c(F)c(c34)OC[C@H]2C1. The van der Waals surface area contributed by atoms with Gasteiger partial charge in [0.2, 0.25) is 5.91 Å². The Morgan fingerprint density at radius 2 is 2.00 bits per heavy atom. The summed E-state index contributed by atoms with van der Waals surface area (Å²) in [4.78, 5) is 43.8. The Hall–Kier alpha value is -4.31. The van der Waals surface area contributed by atoms with Crippen molar-refractivity contribution in [2.24, 2.45) is 0 Å². The highest BCUT2D eigenvalue weighted by Crippen LogP contribution is 2.43. The first kappa shape index (κ1) is 26.9. The molecule has 1 aromatic carbocycles. The fourth-order valence-electron chi connectivity index (χ4n) is 5.63. The summed E-state index contributed by atoms with van der Waals surface area (Å²) in [5.41, 5.74) is 1.95. The van der Waals surface area contributed by atoms with Crippen LogP contribution >= 0.6 is 11.6 Å². The van der Waals surface area contributed by atoms with Crippen LogP contribution in [0.1, 0.15) is 31.0 Å². The van der Waals surface area contributed by atoms with E-state index in [1.807, 2.05) is 31.7 Å². The van der Waals surface area contributed by atoms with Crippen LogP contribution < -0.4 is 15.3 Å². The average molecular weight is 575 g/mol. The van der Waals surface area contributed by atoms with Crippen LogP contribution in [0.5, 0.6) is 5.75 Å². The van der Waals surface area contributed by atoms with Crippen LogP contribution in [0.2, 0.25) is 5.02 Å². The lowest BCUT2D eigenvalue weighted by Gasteiger charge is -2.40. The van der Waals surface area contributed by atoms with E-state index in [1.165, 1.54) is 10.6 Å². The number of aromatic nitrogens is 4. The van der Waals surface area contributed by atoms with E-state index in [2.05, 4.69) is 16.5 Å². The molecule has 11 heteroatoms. The van der Waals surface area contributed by atoms with Gasteiger partial charge in [-0.1, -0.05) is 50.2 Å². The minimum Gasteiger partial charge on any atom is -0.487 e. The summed E-state index contributed by atoms with van der Waals surface area (Å²) < 4.78 is 24.0. The van der Waals surface area contributed by atoms with Crippen LogP contribution in [-0.2, 0) is 4.79 Å². The van der Waals surface area contributed by atoms with E-state index in [-0.39, 0.29) is 52.8 Å². The topological polar surface area (TPSA) is 93.5 Å². The van der Waals surface area contributed by atoms with Crippen molar-refractivity contribution in [1.82, 2.24) is 24.4 Å². The number of nitrogens with zero attached hydrogens (tertiary/aromatic N) is 6. The van der Waals surface area contributed by atoms with Gasteiger partial charge in [-0.05, 0) is 36.6 Å². The molecule has 210 valence electrons. The normalized spacial score (nSPS) is 16.4. The molecule has 1 atom stereocenters. The standard InChI is InChI=1S/C30H28ClFN6O3/c1-5-21(39)36-12-13-37-18(14-36)15-41-27-22-28(37)35-30(40)38(26-17(4)10-11-33-24(26)16(2)3)29(22)34-25(23(27)32)19-8-6-7-9-20(19)31/h5-11,16,18H,1,12-15H2,2-4H3/t18-/m1/s1. The Labute approximate surface area is 240 Å². The van der Waals surface area contributed by atoms with Crippen molar-refractivity contribution in [1.29, 1.82) is 0 Å². The molecule has 0 saturated carbocycles. The van der Waals surface area contributed by atoms with Gasteiger partial charge in [-0.25, -0.2) is 18.7 Å². The first-order valence-electron chi connectivity index (χ1n) is 13.4. The number of carbonyl (C=O) groups is 1. The number of anilines is 1. The molecule has 9 nitrogen and oxygen atoms in total. The van der Waals surface area contributed by atoms with Gasteiger partial charge in [-0.15, -0.1) is 0 Å². The molecule has 0 spiro atoms. The van der Waals surface area contributed by atoms with Crippen LogP contribution in [0.25, 0.3) is 28.0 Å². The van der Waals surface area contributed by atoms with Crippen LogP contribution in [0.15, 0.2) is 54.0 Å². The molecule has 5 heterocycles. The highest BCUT2D eigenvalue weighted by Gasteiger charge is 2.37. The third kappa shape index (κ3) is 4.33. The van der Waals surface area contributed by atoms with Gasteiger partial charge < -0.3 is 14.5 Å². The van der Waals surface area contributed by atoms with E-state index in [0.29, 0.717) is 41.6 Å². The minimum absolute atomic E-state index is 0.0266. The third-order valence-electron chi connectivity index (χ3n) is 7.62. The first-order valence-corrected chi connectivity index (χ1v) is 13.8. The molecule has 0 bridgehead atoms. The largest absolute Gasteiger partial charge is 0.487 e. The van der Waals surface area contributed by atoms with Crippen molar-refractivity contribution in [3.05, 3.63) is 81.8 Å². The molecule has 3 aromatic heterocycles. The Morgan fingerprint density at radius 1 is 1.22 bits per heavy atom. The molecule has 6 rings (SSSR count). The van der Waals surface area contributed by atoms with Gasteiger partial charge in [0.1, 0.15) is 23.5 Å². The number of aryl methyl sites for hydroxylation is 1. The zero-order valence-corrected chi connectivity index (χ0v) is 23.7. The summed E-state index contributed by atoms with van der Waals surface area (Å²) in [5, 5.41) is 0.584. The Bertz CT molecular complexity index is 1790. The fourth-order valence-corrected chi connectivity index (χ4v) is 5.85. The van der Waals surface area contributed by atoms with E-state index in [1.54, 1.807) is 35.4 Å². The van der Waals surface area contributed by atoms with Crippen LogP contribution in [0, 0.1) is 12.7 Å². The Morgan fingerprint density at radius 3 is 2.73 bits per heavy atom. The summed E-state index contributed by atoms with van der Waals surface area (Å²) >= 11 is 6.50. The lowest BCUT2D eigenvalue weighted by Crippen LogP contribution is -2.56. The number of hydrogen-bond acceptors (Lipinski definition) is 7. The summed E-state index contributed by atoms with van der Waals surface area (Å²) in [6.45, 7) is 10.6. The number of pyridine rings is 2. The maximum atomic E-state index is 16.5. The Balaban J connectivity index is 1.70. The summed E-state index contributed by atoms with van der Waals surface area (Å²) in [6.07, 6.45) is 2.96. The van der Waals surface area contributed by atoms with E-state index >= 15 is 4.39 Å². The van der Waals surface area contributed by atoms with Gasteiger partial charge in [0, 0.05) is 31.4 Å².